The third kappa shape index (κ3) is 6.65. The van der Waals surface area contributed by atoms with Gasteiger partial charge < -0.3 is 29.0 Å². The Bertz CT molecular complexity index is 1410. The highest BCUT2D eigenvalue weighted by Gasteiger charge is 2.15. The molecule has 9 nitrogen and oxygen atoms in total. The van der Waals surface area contributed by atoms with E-state index in [2.05, 4.69) is 20.2 Å². The van der Waals surface area contributed by atoms with E-state index >= 15 is 0 Å². The smallest absolute Gasteiger partial charge is 0.169 e. The summed E-state index contributed by atoms with van der Waals surface area (Å²) in [6, 6.07) is 15.0. The van der Waals surface area contributed by atoms with E-state index in [9.17, 15) is 4.39 Å². The predicted molar refractivity (Wildman–Crippen MR) is 146 cm³/mol. The summed E-state index contributed by atoms with van der Waals surface area (Å²) in [6.07, 6.45) is 2.38. The third-order valence-corrected chi connectivity index (χ3v) is 6.35. The number of ether oxygens (including phenoxy) is 5. The highest BCUT2D eigenvalue weighted by atomic mass is 19.1. The molecule has 2 heterocycles. The number of fused-ring (bicyclic) bond motifs is 1. The van der Waals surface area contributed by atoms with Gasteiger partial charge in [-0.2, -0.15) is 0 Å². The molecule has 3 aromatic carbocycles. The quantitative estimate of drug-likeness (QED) is 0.253. The fourth-order valence-corrected chi connectivity index (χ4v) is 4.35. The third-order valence-electron chi connectivity index (χ3n) is 6.35. The zero-order valence-corrected chi connectivity index (χ0v) is 22.0. The maximum absolute atomic E-state index is 13.6. The van der Waals surface area contributed by atoms with Gasteiger partial charge in [0.2, 0.25) is 0 Å². The molecule has 0 saturated carbocycles. The number of anilines is 2. The van der Waals surface area contributed by atoms with Gasteiger partial charge in [-0.15, -0.1) is 0 Å². The maximum Gasteiger partial charge on any atom is 0.169 e. The van der Waals surface area contributed by atoms with Crippen molar-refractivity contribution in [3.8, 4) is 28.7 Å². The summed E-state index contributed by atoms with van der Waals surface area (Å²) in [7, 11) is 3.16. The second-order valence-corrected chi connectivity index (χ2v) is 8.95. The number of nitrogens with zero attached hydrogens (tertiary/aromatic N) is 3. The predicted octanol–water partition coefficient (Wildman–Crippen LogP) is 5.42. The Morgan fingerprint density at radius 3 is 2.54 bits per heavy atom. The molecule has 39 heavy (non-hydrogen) atoms. The molecule has 0 unspecified atom stereocenters. The van der Waals surface area contributed by atoms with E-state index in [4.69, 9.17) is 23.7 Å². The van der Waals surface area contributed by atoms with E-state index < -0.39 is 0 Å². The molecule has 1 aliphatic rings. The number of hydrogen-bond acceptors (Lipinski definition) is 9. The van der Waals surface area contributed by atoms with Crippen LogP contribution in [0.15, 0.2) is 60.9 Å². The molecule has 0 radical (unpaired) electrons. The van der Waals surface area contributed by atoms with Crippen molar-refractivity contribution in [1.82, 2.24) is 14.9 Å². The normalized spacial score (nSPS) is 13.7. The maximum atomic E-state index is 13.6. The minimum absolute atomic E-state index is 0.377. The monoisotopic (exact) mass is 534 g/mol. The van der Waals surface area contributed by atoms with Crippen molar-refractivity contribution in [3.05, 3.63) is 66.7 Å². The zero-order valence-electron chi connectivity index (χ0n) is 22.0. The second kappa shape index (κ2) is 12.6. The van der Waals surface area contributed by atoms with Gasteiger partial charge in [-0.3, -0.25) is 4.90 Å². The molecule has 1 aliphatic heterocycles. The summed E-state index contributed by atoms with van der Waals surface area (Å²) in [4.78, 5) is 11.3. The molecule has 1 fully saturated rings. The van der Waals surface area contributed by atoms with Gasteiger partial charge in [0.05, 0.1) is 39.6 Å². The van der Waals surface area contributed by atoms with Gasteiger partial charge in [-0.25, -0.2) is 14.4 Å². The lowest BCUT2D eigenvalue weighted by atomic mass is 10.2. The van der Waals surface area contributed by atoms with Crippen molar-refractivity contribution in [3.63, 3.8) is 0 Å². The molecule has 5 rings (SSSR count). The molecule has 0 spiro atoms. The molecule has 0 atom stereocenters. The van der Waals surface area contributed by atoms with E-state index in [1.807, 2.05) is 18.2 Å². The van der Waals surface area contributed by atoms with Crippen LogP contribution in [0.1, 0.15) is 6.42 Å². The van der Waals surface area contributed by atoms with Gasteiger partial charge in [0.1, 0.15) is 23.7 Å². The lowest BCUT2D eigenvalue weighted by Gasteiger charge is -2.26. The topological polar surface area (TPSA) is 87.2 Å². The second-order valence-electron chi connectivity index (χ2n) is 8.95. The van der Waals surface area contributed by atoms with E-state index in [1.54, 1.807) is 38.5 Å². The van der Waals surface area contributed by atoms with E-state index in [0.717, 1.165) is 50.3 Å². The van der Waals surface area contributed by atoms with Gasteiger partial charge in [-0.1, -0.05) is 6.07 Å². The van der Waals surface area contributed by atoms with Crippen LogP contribution in [-0.4, -0.2) is 68.5 Å². The van der Waals surface area contributed by atoms with Crippen LogP contribution in [0.2, 0.25) is 0 Å². The molecule has 0 aliphatic carbocycles. The number of halogens is 1. The first-order valence-corrected chi connectivity index (χ1v) is 12.8. The number of hydrogen-bond donors (Lipinski definition) is 1. The van der Waals surface area contributed by atoms with Crippen molar-refractivity contribution in [1.29, 1.82) is 0 Å². The largest absolute Gasteiger partial charge is 0.493 e. The molecular weight excluding hydrogens is 503 g/mol. The van der Waals surface area contributed by atoms with Gasteiger partial charge in [-0.05, 0) is 36.8 Å². The summed E-state index contributed by atoms with van der Waals surface area (Å²) >= 11 is 0. The molecule has 204 valence electrons. The average molecular weight is 535 g/mol. The van der Waals surface area contributed by atoms with Gasteiger partial charge in [0.15, 0.2) is 23.0 Å². The Hall–Kier alpha value is -4.15. The fourth-order valence-electron chi connectivity index (χ4n) is 4.35. The minimum atomic E-state index is -0.377. The molecule has 1 aromatic heterocycles. The Kier molecular flexibility index (Phi) is 8.55. The first-order chi connectivity index (χ1) is 19.1. The molecule has 0 amide bonds. The Morgan fingerprint density at radius 1 is 0.923 bits per heavy atom. The van der Waals surface area contributed by atoms with Crippen LogP contribution < -0.4 is 24.3 Å². The first-order valence-electron chi connectivity index (χ1n) is 12.8. The van der Waals surface area contributed by atoms with Crippen LogP contribution in [0.3, 0.4) is 0 Å². The van der Waals surface area contributed by atoms with Gasteiger partial charge in [0, 0.05) is 48.9 Å². The van der Waals surface area contributed by atoms with Crippen LogP contribution in [-0.2, 0) is 4.74 Å². The molecule has 10 heteroatoms. The number of nitrogens with one attached hydrogen (secondary N) is 1. The van der Waals surface area contributed by atoms with Crippen LogP contribution >= 0.6 is 0 Å². The van der Waals surface area contributed by atoms with Crippen molar-refractivity contribution in [2.45, 2.75) is 6.42 Å². The van der Waals surface area contributed by atoms with Crippen molar-refractivity contribution in [2.24, 2.45) is 0 Å². The summed E-state index contributed by atoms with van der Waals surface area (Å²) in [6.45, 7) is 4.98. The van der Waals surface area contributed by atoms with Gasteiger partial charge in [0.25, 0.3) is 0 Å². The number of morpholine rings is 1. The number of aromatic nitrogens is 2. The van der Waals surface area contributed by atoms with Crippen molar-refractivity contribution in [2.75, 3.05) is 59.0 Å². The Balaban J connectivity index is 1.32. The SMILES string of the molecule is COc1cc2ncnc(Nc3ccc(Oc4cccc(F)c4)c(OC)c3)c2cc1OCCCN1CCOCC1. The van der Waals surface area contributed by atoms with E-state index in [1.165, 1.54) is 18.5 Å². The van der Waals surface area contributed by atoms with Gasteiger partial charge >= 0.3 is 0 Å². The molecule has 0 bridgehead atoms. The van der Waals surface area contributed by atoms with Crippen molar-refractivity contribution < 1.29 is 28.1 Å². The summed E-state index contributed by atoms with van der Waals surface area (Å²) < 4.78 is 42.0. The summed E-state index contributed by atoms with van der Waals surface area (Å²) in [5, 5.41) is 4.11. The van der Waals surface area contributed by atoms with E-state index in [0.29, 0.717) is 46.7 Å². The number of rotatable bonds is 11. The molecular formula is C29H31FN4O5. The summed E-state index contributed by atoms with van der Waals surface area (Å²) in [5.41, 5.74) is 1.44. The Morgan fingerprint density at radius 2 is 1.74 bits per heavy atom. The number of methoxy groups -OCH3 is 2. The van der Waals surface area contributed by atoms with Crippen LogP contribution in [0.5, 0.6) is 28.7 Å². The highest BCUT2D eigenvalue weighted by molar-refractivity contribution is 5.93. The Labute approximate surface area is 226 Å². The first kappa shape index (κ1) is 26.5. The fraction of sp³-hybridized carbons (Fsp3) is 0.310. The molecule has 4 aromatic rings. The van der Waals surface area contributed by atoms with Crippen LogP contribution in [0, 0.1) is 5.82 Å². The van der Waals surface area contributed by atoms with E-state index in [-0.39, 0.29) is 5.82 Å². The average Bonchev–Trinajstić information content (AvgIpc) is 2.96. The molecule has 1 saturated heterocycles. The zero-order chi connectivity index (χ0) is 27.0. The molecule has 1 N–H and O–H groups in total. The lowest BCUT2D eigenvalue weighted by molar-refractivity contribution is 0.0357. The number of benzene rings is 3. The van der Waals surface area contributed by atoms with Crippen LogP contribution in [0.4, 0.5) is 15.9 Å². The standard InChI is InChI=1S/C29H31FN4O5/c1-35-26-16-21(7-8-25(26)39-22-6-3-5-20(30)15-22)33-29-23-17-28(27(36-2)18-24(23)31-19-32-29)38-12-4-9-34-10-13-37-14-11-34/h3,5-8,15-19H,4,9-14H2,1-2H3,(H,31,32,33). The highest BCUT2D eigenvalue weighted by Crippen LogP contribution is 2.37. The van der Waals surface area contributed by atoms with Crippen molar-refractivity contribution >= 4 is 22.4 Å². The summed E-state index contributed by atoms with van der Waals surface area (Å²) in [5.74, 6) is 2.77. The van der Waals surface area contributed by atoms with Crippen LogP contribution in [0.25, 0.3) is 10.9 Å². The minimum Gasteiger partial charge on any atom is -0.493 e. The lowest BCUT2D eigenvalue weighted by Crippen LogP contribution is -2.37.